The van der Waals surface area contributed by atoms with E-state index in [-0.39, 0.29) is 11.5 Å². The molecule has 12 heavy (non-hydrogen) atoms. The van der Waals surface area contributed by atoms with Gasteiger partial charge in [-0.15, -0.1) is 0 Å². The molecular formula is C9H16O3. The molecule has 1 unspecified atom stereocenters. The van der Waals surface area contributed by atoms with Crippen LogP contribution in [0, 0.1) is 5.92 Å². The van der Waals surface area contributed by atoms with Crippen LogP contribution in [0.15, 0.2) is 0 Å². The maximum atomic E-state index is 10.8. The second-order valence-electron chi connectivity index (χ2n) is 4.56. The van der Waals surface area contributed by atoms with Crippen molar-refractivity contribution in [3.05, 3.63) is 0 Å². The Morgan fingerprint density at radius 2 is 1.92 bits per heavy atom. The summed E-state index contributed by atoms with van der Waals surface area (Å²) in [6.07, 6.45) is 0.593. The van der Waals surface area contributed by atoms with E-state index in [1.165, 1.54) is 0 Å². The summed E-state index contributed by atoms with van der Waals surface area (Å²) in [4.78, 5) is 10.8. The molecule has 0 amide bonds. The van der Waals surface area contributed by atoms with Crippen LogP contribution in [-0.4, -0.2) is 22.3 Å². The highest BCUT2D eigenvalue weighted by atomic mass is 16.5. The van der Waals surface area contributed by atoms with Crippen LogP contribution < -0.4 is 0 Å². The number of aliphatic carboxylic acids is 1. The lowest BCUT2D eigenvalue weighted by Gasteiger charge is -2.25. The zero-order valence-electron chi connectivity index (χ0n) is 8.05. The first-order chi connectivity index (χ1) is 5.25. The first-order valence-electron chi connectivity index (χ1n) is 4.18. The van der Waals surface area contributed by atoms with Gasteiger partial charge in [-0.3, -0.25) is 4.79 Å². The normalized spacial score (nSPS) is 31.8. The molecule has 0 bridgehead atoms. The van der Waals surface area contributed by atoms with E-state index < -0.39 is 11.6 Å². The van der Waals surface area contributed by atoms with Gasteiger partial charge >= 0.3 is 5.97 Å². The highest BCUT2D eigenvalue weighted by Crippen LogP contribution is 2.41. The summed E-state index contributed by atoms with van der Waals surface area (Å²) >= 11 is 0. The van der Waals surface area contributed by atoms with Crippen molar-refractivity contribution in [2.45, 2.75) is 45.3 Å². The fourth-order valence-corrected chi connectivity index (χ4v) is 1.95. The van der Waals surface area contributed by atoms with Gasteiger partial charge in [-0.05, 0) is 34.1 Å². The maximum absolute atomic E-state index is 10.8. The van der Waals surface area contributed by atoms with E-state index in [1.54, 1.807) is 0 Å². The fourth-order valence-electron chi connectivity index (χ4n) is 1.95. The lowest BCUT2D eigenvalue weighted by molar-refractivity contribution is -0.148. The molecular weight excluding hydrogens is 156 g/mol. The van der Waals surface area contributed by atoms with Crippen LogP contribution in [0.4, 0.5) is 0 Å². The summed E-state index contributed by atoms with van der Waals surface area (Å²) in [5.74, 6) is -1.14. The topological polar surface area (TPSA) is 46.5 Å². The van der Waals surface area contributed by atoms with Crippen LogP contribution in [-0.2, 0) is 9.53 Å². The number of ether oxygens (including phenoxy) is 1. The van der Waals surface area contributed by atoms with Crippen LogP contribution in [0.3, 0.4) is 0 Å². The molecule has 0 aliphatic carbocycles. The van der Waals surface area contributed by atoms with Gasteiger partial charge in [0.1, 0.15) is 0 Å². The Labute approximate surface area is 72.7 Å². The summed E-state index contributed by atoms with van der Waals surface area (Å²) in [5, 5.41) is 8.90. The zero-order valence-corrected chi connectivity index (χ0v) is 8.05. The summed E-state index contributed by atoms with van der Waals surface area (Å²) < 4.78 is 5.63. The fraction of sp³-hybridized carbons (Fsp3) is 0.889. The Morgan fingerprint density at radius 1 is 1.42 bits per heavy atom. The molecule has 1 atom stereocenters. The molecule has 1 fully saturated rings. The molecule has 3 nitrogen and oxygen atoms in total. The third-order valence-corrected chi connectivity index (χ3v) is 2.37. The minimum Gasteiger partial charge on any atom is -0.481 e. The molecule has 0 aromatic carbocycles. The number of rotatable bonds is 1. The van der Waals surface area contributed by atoms with E-state index in [9.17, 15) is 4.79 Å². The minimum atomic E-state index is -0.759. The molecule has 1 rings (SSSR count). The summed E-state index contributed by atoms with van der Waals surface area (Å²) in [6, 6.07) is 0. The molecule has 1 saturated heterocycles. The van der Waals surface area contributed by atoms with Crippen LogP contribution in [0.2, 0.25) is 0 Å². The van der Waals surface area contributed by atoms with Crippen LogP contribution in [0.1, 0.15) is 34.1 Å². The maximum Gasteiger partial charge on any atom is 0.309 e. The number of hydrogen-bond donors (Lipinski definition) is 1. The second-order valence-corrected chi connectivity index (χ2v) is 4.56. The number of carbonyl (C=O) groups is 1. The van der Waals surface area contributed by atoms with Crippen molar-refractivity contribution in [2.24, 2.45) is 5.92 Å². The highest BCUT2D eigenvalue weighted by molar-refractivity contribution is 5.72. The highest BCUT2D eigenvalue weighted by Gasteiger charge is 2.49. The largest absolute Gasteiger partial charge is 0.481 e. The standard InChI is InChI=1S/C9H16O3/c1-8(2)5-6(7(10)11)9(3,4)12-8/h6H,5H2,1-4H3,(H,10,11). The van der Waals surface area contributed by atoms with Crippen molar-refractivity contribution in [1.29, 1.82) is 0 Å². The van der Waals surface area contributed by atoms with Gasteiger partial charge in [0.15, 0.2) is 0 Å². The Balaban J connectivity index is 2.85. The van der Waals surface area contributed by atoms with Gasteiger partial charge in [0.05, 0.1) is 17.1 Å². The van der Waals surface area contributed by atoms with Crippen molar-refractivity contribution >= 4 is 5.97 Å². The predicted molar refractivity (Wildman–Crippen MR) is 45.0 cm³/mol. The molecule has 1 aliphatic heterocycles. The Morgan fingerprint density at radius 3 is 2.08 bits per heavy atom. The van der Waals surface area contributed by atoms with E-state index in [0.717, 1.165) is 0 Å². The van der Waals surface area contributed by atoms with Crippen LogP contribution in [0.25, 0.3) is 0 Å². The predicted octanol–water partition coefficient (Wildman–Crippen LogP) is 1.66. The Bertz CT molecular complexity index is 206. The Hall–Kier alpha value is -0.570. The molecule has 3 heteroatoms. The molecule has 0 aromatic heterocycles. The van der Waals surface area contributed by atoms with Gasteiger partial charge in [0.2, 0.25) is 0 Å². The van der Waals surface area contributed by atoms with Gasteiger partial charge in [-0.2, -0.15) is 0 Å². The van der Waals surface area contributed by atoms with Crippen molar-refractivity contribution in [1.82, 2.24) is 0 Å². The molecule has 0 radical (unpaired) electrons. The van der Waals surface area contributed by atoms with Gasteiger partial charge < -0.3 is 9.84 Å². The summed E-state index contributed by atoms with van der Waals surface area (Å²) in [5.41, 5.74) is -0.831. The average Bonchev–Trinajstić information content (AvgIpc) is 1.99. The van der Waals surface area contributed by atoms with Crippen molar-refractivity contribution in [3.63, 3.8) is 0 Å². The lowest BCUT2D eigenvalue weighted by Crippen LogP contribution is -2.33. The van der Waals surface area contributed by atoms with Gasteiger partial charge in [0.25, 0.3) is 0 Å². The van der Waals surface area contributed by atoms with Crippen molar-refractivity contribution in [2.75, 3.05) is 0 Å². The second kappa shape index (κ2) is 2.46. The molecule has 1 N–H and O–H groups in total. The van der Waals surface area contributed by atoms with Crippen LogP contribution >= 0.6 is 0 Å². The average molecular weight is 172 g/mol. The monoisotopic (exact) mass is 172 g/mol. The van der Waals surface area contributed by atoms with E-state index in [2.05, 4.69) is 0 Å². The van der Waals surface area contributed by atoms with Gasteiger partial charge in [-0.25, -0.2) is 0 Å². The third kappa shape index (κ3) is 1.61. The smallest absolute Gasteiger partial charge is 0.309 e. The zero-order chi connectivity index (χ0) is 9.57. The van der Waals surface area contributed by atoms with E-state index in [4.69, 9.17) is 9.84 Å². The lowest BCUT2D eigenvalue weighted by atomic mass is 9.88. The molecule has 1 heterocycles. The van der Waals surface area contributed by atoms with Crippen LogP contribution in [0.5, 0.6) is 0 Å². The third-order valence-electron chi connectivity index (χ3n) is 2.37. The molecule has 0 aromatic rings. The van der Waals surface area contributed by atoms with E-state index >= 15 is 0 Å². The van der Waals surface area contributed by atoms with E-state index in [1.807, 2.05) is 27.7 Å². The van der Waals surface area contributed by atoms with Gasteiger partial charge in [0, 0.05) is 0 Å². The van der Waals surface area contributed by atoms with E-state index in [0.29, 0.717) is 6.42 Å². The Kier molecular flexibility index (Phi) is 1.95. The van der Waals surface area contributed by atoms with Gasteiger partial charge in [-0.1, -0.05) is 0 Å². The summed E-state index contributed by atoms with van der Waals surface area (Å²) in [6.45, 7) is 7.52. The number of hydrogen-bond acceptors (Lipinski definition) is 2. The number of carboxylic acids is 1. The molecule has 0 saturated carbocycles. The molecule has 0 spiro atoms. The molecule has 1 aliphatic rings. The first kappa shape index (κ1) is 9.52. The summed E-state index contributed by atoms with van der Waals surface area (Å²) in [7, 11) is 0. The van der Waals surface area contributed by atoms with Crippen molar-refractivity contribution < 1.29 is 14.6 Å². The molecule has 70 valence electrons. The first-order valence-corrected chi connectivity index (χ1v) is 4.18. The quantitative estimate of drug-likeness (QED) is 0.654. The minimum absolute atomic E-state index is 0.299. The van der Waals surface area contributed by atoms with Crippen molar-refractivity contribution in [3.8, 4) is 0 Å². The SMILES string of the molecule is CC1(C)CC(C(=O)O)C(C)(C)O1. The number of carboxylic acid groups (broad SMARTS) is 1.